The number of carbonyl (C=O) groups excluding carboxylic acids is 1. The molecule has 1 aromatic carbocycles. The minimum atomic E-state index is -0.743. The molecule has 0 spiro atoms. The molecule has 0 fully saturated rings. The van der Waals surface area contributed by atoms with Crippen molar-refractivity contribution in [3.05, 3.63) is 57.6 Å². The Kier molecular flexibility index (Phi) is 5.76. The molecule has 3 heterocycles. The Bertz CT molecular complexity index is 1350. The SMILES string of the molecule is CCOC(=O)c1noc2nc(C)n(Cc3nc(-c4ccccc4OCC)oc3C)c(=O)c12. The number of nitrogens with zero attached hydrogens (tertiary/aromatic N) is 4. The molecule has 0 unspecified atom stereocenters. The van der Waals surface area contributed by atoms with Gasteiger partial charge in [0, 0.05) is 0 Å². The van der Waals surface area contributed by atoms with E-state index in [0.717, 1.165) is 0 Å². The van der Waals surface area contributed by atoms with Gasteiger partial charge in [0.05, 0.1) is 25.3 Å². The number of hydrogen-bond acceptors (Lipinski definition) is 9. The second-order valence-corrected chi connectivity index (χ2v) is 6.93. The van der Waals surface area contributed by atoms with E-state index in [2.05, 4.69) is 15.1 Å². The molecule has 4 rings (SSSR count). The number of rotatable bonds is 7. The number of aromatic nitrogens is 4. The summed E-state index contributed by atoms with van der Waals surface area (Å²) in [6, 6.07) is 7.43. The van der Waals surface area contributed by atoms with E-state index in [-0.39, 0.29) is 29.9 Å². The highest BCUT2D eigenvalue weighted by Gasteiger charge is 2.24. The van der Waals surface area contributed by atoms with Crippen molar-refractivity contribution in [3.63, 3.8) is 0 Å². The topological polar surface area (TPSA) is 122 Å². The van der Waals surface area contributed by atoms with Crippen molar-refractivity contribution in [2.24, 2.45) is 0 Å². The van der Waals surface area contributed by atoms with Gasteiger partial charge in [-0.05, 0) is 39.8 Å². The number of esters is 1. The highest BCUT2D eigenvalue weighted by Crippen LogP contribution is 2.30. The number of aryl methyl sites for hydroxylation is 2. The summed E-state index contributed by atoms with van der Waals surface area (Å²) in [6.07, 6.45) is 0. The molecule has 0 atom stereocenters. The van der Waals surface area contributed by atoms with Crippen molar-refractivity contribution in [2.75, 3.05) is 13.2 Å². The largest absolute Gasteiger partial charge is 0.493 e. The van der Waals surface area contributed by atoms with Gasteiger partial charge in [0.2, 0.25) is 11.6 Å². The molecule has 0 aliphatic heterocycles. The molecular weight excluding hydrogens is 416 g/mol. The molecule has 166 valence electrons. The summed E-state index contributed by atoms with van der Waals surface area (Å²) in [6.45, 7) is 7.73. The maximum Gasteiger partial charge on any atom is 0.361 e. The highest BCUT2D eigenvalue weighted by atomic mass is 16.5. The fraction of sp³-hybridized carbons (Fsp3) is 0.318. The molecule has 10 nitrogen and oxygen atoms in total. The molecule has 0 amide bonds. The van der Waals surface area contributed by atoms with Crippen LogP contribution in [0.25, 0.3) is 22.6 Å². The van der Waals surface area contributed by atoms with Crippen molar-refractivity contribution in [1.82, 2.24) is 19.7 Å². The summed E-state index contributed by atoms with van der Waals surface area (Å²) in [7, 11) is 0. The van der Waals surface area contributed by atoms with E-state index in [4.69, 9.17) is 18.4 Å². The Labute approximate surface area is 182 Å². The van der Waals surface area contributed by atoms with Gasteiger partial charge in [0.25, 0.3) is 11.3 Å². The van der Waals surface area contributed by atoms with Crippen LogP contribution in [-0.4, -0.2) is 38.9 Å². The molecule has 0 saturated carbocycles. The number of oxazole rings is 1. The number of carbonyl (C=O) groups is 1. The number of benzene rings is 1. The lowest BCUT2D eigenvalue weighted by molar-refractivity contribution is 0.0516. The van der Waals surface area contributed by atoms with E-state index in [1.165, 1.54) is 4.57 Å². The summed E-state index contributed by atoms with van der Waals surface area (Å²) in [5.74, 6) is 1.23. The van der Waals surface area contributed by atoms with Gasteiger partial charge in [0.15, 0.2) is 0 Å². The van der Waals surface area contributed by atoms with E-state index in [0.29, 0.717) is 41.1 Å². The summed E-state index contributed by atoms with van der Waals surface area (Å²) >= 11 is 0. The zero-order valence-electron chi connectivity index (χ0n) is 18.2. The van der Waals surface area contributed by atoms with E-state index in [1.54, 1.807) is 20.8 Å². The Hall–Kier alpha value is -3.95. The van der Waals surface area contributed by atoms with Gasteiger partial charge in [-0.15, -0.1) is 0 Å². The zero-order valence-corrected chi connectivity index (χ0v) is 18.2. The second-order valence-electron chi connectivity index (χ2n) is 6.93. The first-order valence-corrected chi connectivity index (χ1v) is 10.2. The standard InChI is InChI=1S/C22H22N4O6/c1-5-29-16-10-8-7-9-14(16)19-24-15(12(3)31-19)11-26-13(4)23-20-17(21(26)27)18(25-32-20)22(28)30-6-2/h7-10H,5-6,11H2,1-4H3. The highest BCUT2D eigenvalue weighted by molar-refractivity contribution is 5.99. The van der Waals surface area contributed by atoms with Gasteiger partial charge in [-0.2, -0.15) is 4.98 Å². The number of hydrogen-bond donors (Lipinski definition) is 0. The maximum atomic E-state index is 13.2. The Morgan fingerprint density at radius 2 is 1.91 bits per heavy atom. The van der Waals surface area contributed by atoms with Crippen LogP contribution in [-0.2, 0) is 11.3 Å². The van der Waals surface area contributed by atoms with E-state index < -0.39 is 11.5 Å². The summed E-state index contributed by atoms with van der Waals surface area (Å²) < 4.78 is 23.0. The monoisotopic (exact) mass is 438 g/mol. The quantitative estimate of drug-likeness (QED) is 0.400. The van der Waals surface area contributed by atoms with Crippen molar-refractivity contribution in [3.8, 4) is 17.2 Å². The van der Waals surface area contributed by atoms with Crippen molar-refractivity contribution < 1.29 is 23.2 Å². The van der Waals surface area contributed by atoms with Crippen LogP contribution in [0.1, 0.15) is 41.6 Å². The van der Waals surface area contributed by atoms with Crippen LogP contribution < -0.4 is 10.3 Å². The average Bonchev–Trinajstić information content (AvgIpc) is 3.35. The molecule has 32 heavy (non-hydrogen) atoms. The van der Waals surface area contributed by atoms with Crippen molar-refractivity contribution >= 4 is 17.1 Å². The van der Waals surface area contributed by atoms with Crippen LogP contribution in [0.5, 0.6) is 5.75 Å². The first-order valence-electron chi connectivity index (χ1n) is 10.2. The van der Waals surface area contributed by atoms with Crippen LogP contribution in [0.3, 0.4) is 0 Å². The predicted octanol–water partition coefficient (Wildman–Crippen LogP) is 3.28. The van der Waals surface area contributed by atoms with E-state index in [9.17, 15) is 9.59 Å². The first-order chi connectivity index (χ1) is 15.4. The van der Waals surface area contributed by atoms with Crippen LogP contribution in [0.2, 0.25) is 0 Å². The van der Waals surface area contributed by atoms with Gasteiger partial charge in [-0.1, -0.05) is 17.3 Å². The van der Waals surface area contributed by atoms with Crippen molar-refractivity contribution in [2.45, 2.75) is 34.2 Å². The predicted molar refractivity (Wildman–Crippen MR) is 114 cm³/mol. The van der Waals surface area contributed by atoms with E-state index >= 15 is 0 Å². The fourth-order valence-electron chi connectivity index (χ4n) is 3.33. The lowest BCUT2D eigenvalue weighted by atomic mass is 10.2. The van der Waals surface area contributed by atoms with Gasteiger partial charge >= 0.3 is 5.97 Å². The smallest absolute Gasteiger partial charge is 0.361 e. The average molecular weight is 438 g/mol. The summed E-state index contributed by atoms with van der Waals surface area (Å²) in [4.78, 5) is 34.2. The lowest BCUT2D eigenvalue weighted by Crippen LogP contribution is -2.25. The first kappa shape index (κ1) is 21.3. The molecule has 0 saturated heterocycles. The number of para-hydroxylation sites is 1. The number of ether oxygens (including phenoxy) is 2. The zero-order chi connectivity index (χ0) is 22.8. The van der Waals surface area contributed by atoms with Gasteiger partial charge < -0.3 is 18.4 Å². The van der Waals surface area contributed by atoms with Crippen LogP contribution >= 0.6 is 0 Å². The molecular formula is C22H22N4O6. The molecule has 4 aromatic rings. The molecule has 10 heteroatoms. The Morgan fingerprint density at radius 3 is 2.66 bits per heavy atom. The van der Waals surface area contributed by atoms with Crippen molar-refractivity contribution in [1.29, 1.82) is 0 Å². The lowest BCUT2D eigenvalue weighted by Gasteiger charge is -2.07. The summed E-state index contributed by atoms with van der Waals surface area (Å²) in [5.41, 5.74) is 0.568. The Balaban J connectivity index is 1.76. The van der Waals surface area contributed by atoms with Crippen LogP contribution in [0.15, 0.2) is 38.0 Å². The van der Waals surface area contributed by atoms with E-state index in [1.807, 2.05) is 31.2 Å². The fourth-order valence-corrected chi connectivity index (χ4v) is 3.33. The Morgan fingerprint density at radius 1 is 1.12 bits per heavy atom. The van der Waals surface area contributed by atoms with Gasteiger partial charge in [-0.25, -0.2) is 9.78 Å². The third-order valence-electron chi connectivity index (χ3n) is 4.87. The second kappa shape index (κ2) is 8.66. The third kappa shape index (κ3) is 3.75. The summed E-state index contributed by atoms with van der Waals surface area (Å²) in [5, 5.41) is 3.65. The molecule has 3 aromatic heterocycles. The molecule has 0 aliphatic carbocycles. The van der Waals surface area contributed by atoms with Gasteiger partial charge in [0.1, 0.15) is 28.4 Å². The molecule has 0 N–H and O–H groups in total. The minimum Gasteiger partial charge on any atom is -0.493 e. The molecule has 0 bridgehead atoms. The van der Waals surface area contributed by atoms with Crippen LogP contribution in [0.4, 0.5) is 0 Å². The van der Waals surface area contributed by atoms with Crippen LogP contribution in [0, 0.1) is 13.8 Å². The maximum absolute atomic E-state index is 13.2. The third-order valence-corrected chi connectivity index (χ3v) is 4.87. The minimum absolute atomic E-state index is 0.0185. The molecule has 0 radical (unpaired) electrons. The molecule has 0 aliphatic rings. The van der Waals surface area contributed by atoms with Gasteiger partial charge in [-0.3, -0.25) is 9.36 Å². The number of fused-ring (bicyclic) bond motifs is 1. The normalized spacial score (nSPS) is 11.1.